The molecule has 3 rings (SSSR count). The summed E-state index contributed by atoms with van der Waals surface area (Å²) in [6, 6.07) is 7.12. The second kappa shape index (κ2) is 10.4. The minimum Gasteiger partial charge on any atom is -0.508 e. The van der Waals surface area contributed by atoms with Crippen LogP contribution in [0.4, 0.5) is 0 Å². The van der Waals surface area contributed by atoms with Crippen LogP contribution in [0.2, 0.25) is 0 Å². The number of carboxylic acids is 1. The number of fused-ring (bicyclic) bond motifs is 2. The highest BCUT2D eigenvalue weighted by molar-refractivity contribution is 5.66. The lowest BCUT2D eigenvalue weighted by molar-refractivity contribution is -0.137. The molecular formula is C24H36O5. The van der Waals surface area contributed by atoms with Crippen LogP contribution in [0.1, 0.15) is 82.6 Å². The SMILES string of the molecule is CC(c1ccc(O)cc1)C(O)CC[C@H]1[C@@H](CCCCCCC(=O)O)[C@H]2CC[C@@H]1O2. The van der Waals surface area contributed by atoms with Crippen LogP contribution in [-0.4, -0.2) is 39.6 Å². The summed E-state index contributed by atoms with van der Waals surface area (Å²) in [7, 11) is 0. The van der Waals surface area contributed by atoms with Gasteiger partial charge in [-0.1, -0.05) is 38.3 Å². The smallest absolute Gasteiger partial charge is 0.303 e. The van der Waals surface area contributed by atoms with Crippen molar-refractivity contribution >= 4 is 5.97 Å². The number of phenolic OH excluding ortho intramolecular Hbond substituents is 1. The highest BCUT2D eigenvalue weighted by atomic mass is 16.5. The highest BCUT2D eigenvalue weighted by Gasteiger charge is 2.47. The minimum atomic E-state index is -0.702. The zero-order valence-corrected chi connectivity index (χ0v) is 17.5. The van der Waals surface area contributed by atoms with E-state index in [1.165, 1.54) is 0 Å². The van der Waals surface area contributed by atoms with Crippen molar-refractivity contribution in [1.82, 2.24) is 0 Å². The molecule has 162 valence electrons. The van der Waals surface area contributed by atoms with Gasteiger partial charge in [0.25, 0.3) is 0 Å². The first-order valence-corrected chi connectivity index (χ1v) is 11.3. The van der Waals surface area contributed by atoms with Crippen LogP contribution < -0.4 is 0 Å². The molecular weight excluding hydrogens is 368 g/mol. The molecule has 1 aromatic carbocycles. The second-order valence-electron chi connectivity index (χ2n) is 8.99. The molecule has 2 aliphatic rings. The van der Waals surface area contributed by atoms with Crippen molar-refractivity contribution in [2.45, 2.75) is 95.4 Å². The summed E-state index contributed by atoms with van der Waals surface area (Å²) in [5.41, 5.74) is 1.05. The zero-order chi connectivity index (χ0) is 20.8. The van der Waals surface area contributed by atoms with E-state index in [0.717, 1.165) is 63.4 Å². The first-order valence-electron chi connectivity index (χ1n) is 11.3. The van der Waals surface area contributed by atoms with Gasteiger partial charge in [-0.2, -0.15) is 0 Å². The molecule has 3 N–H and O–H groups in total. The Hall–Kier alpha value is -1.59. The van der Waals surface area contributed by atoms with Crippen molar-refractivity contribution in [2.24, 2.45) is 11.8 Å². The highest BCUT2D eigenvalue weighted by Crippen LogP contribution is 2.48. The number of hydrogen-bond donors (Lipinski definition) is 3. The average molecular weight is 405 g/mol. The fraction of sp³-hybridized carbons (Fsp3) is 0.708. The molecule has 2 unspecified atom stereocenters. The van der Waals surface area contributed by atoms with Gasteiger partial charge in [0.2, 0.25) is 0 Å². The van der Waals surface area contributed by atoms with Gasteiger partial charge < -0.3 is 20.1 Å². The van der Waals surface area contributed by atoms with Gasteiger partial charge in [0, 0.05) is 12.3 Å². The van der Waals surface area contributed by atoms with Crippen molar-refractivity contribution in [3.63, 3.8) is 0 Å². The predicted octanol–water partition coefficient (Wildman–Crippen LogP) is 4.86. The number of aliphatic hydroxyl groups is 1. The Balaban J connectivity index is 1.44. The van der Waals surface area contributed by atoms with Crippen LogP contribution in [-0.2, 0) is 9.53 Å². The fourth-order valence-corrected chi connectivity index (χ4v) is 5.29. The van der Waals surface area contributed by atoms with Gasteiger partial charge in [-0.05, 0) is 68.1 Å². The second-order valence-corrected chi connectivity index (χ2v) is 8.99. The predicted molar refractivity (Wildman–Crippen MR) is 112 cm³/mol. The first kappa shape index (κ1) is 22.1. The Kier molecular flexibility index (Phi) is 7.96. The van der Waals surface area contributed by atoms with Gasteiger partial charge in [-0.15, -0.1) is 0 Å². The number of benzene rings is 1. The summed E-state index contributed by atoms with van der Waals surface area (Å²) in [6.45, 7) is 2.04. The lowest BCUT2D eigenvalue weighted by Gasteiger charge is -2.29. The summed E-state index contributed by atoms with van der Waals surface area (Å²) >= 11 is 0. The zero-order valence-electron chi connectivity index (χ0n) is 17.5. The van der Waals surface area contributed by atoms with Crippen LogP contribution in [0.5, 0.6) is 5.75 Å². The molecule has 2 bridgehead atoms. The van der Waals surface area contributed by atoms with Crippen molar-refractivity contribution < 1.29 is 24.9 Å². The van der Waals surface area contributed by atoms with E-state index < -0.39 is 12.1 Å². The van der Waals surface area contributed by atoms with Gasteiger partial charge in [-0.3, -0.25) is 4.79 Å². The third-order valence-corrected chi connectivity index (χ3v) is 7.06. The molecule has 5 heteroatoms. The van der Waals surface area contributed by atoms with E-state index in [2.05, 4.69) is 0 Å². The summed E-state index contributed by atoms with van der Waals surface area (Å²) < 4.78 is 6.21. The maximum absolute atomic E-state index is 10.7. The van der Waals surface area contributed by atoms with Crippen molar-refractivity contribution in [3.05, 3.63) is 29.8 Å². The molecule has 0 spiro atoms. The monoisotopic (exact) mass is 404 g/mol. The van der Waals surface area contributed by atoms with Crippen LogP contribution in [0.3, 0.4) is 0 Å². The molecule has 2 saturated heterocycles. The van der Waals surface area contributed by atoms with E-state index in [9.17, 15) is 15.0 Å². The molecule has 0 aliphatic carbocycles. The Morgan fingerprint density at radius 1 is 1.03 bits per heavy atom. The number of ether oxygens (including phenoxy) is 1. The molecule has 6 atom stereocenters. The van der Waals surface area contributed by atoms with Crippen molar-refractivity contribution in [1.29, 1.82) is 0 Å². The lowest BCUT2D eigenvalue weighted by Crippen LogP contribution is -2.29. The first-order chi connectivity index (χ1) is 14.0. The summed E-state index contributed by atoms with van der Waals surface area (Å²) in [6.07, 6.45) is 9.84. The number of aliphatic hydroxyl groups excluding tert-OH is 1. The van der Waals surface area contributed by atoms with E-state index in [1.54, 1.807) is 12.1 Å². The molecule has 0 aromatic heterocycles. The number of carboxylic acid groups (broad SMARTS) is 1. The van der Waals surface area contributed by atoms with Gasteiger partial charge in [0.1, 0.15) is 5.75 Å². The van der Waals surface area contributed by atoms with E-state index in [0.29, 0.717) is 24.0 Å². The molecule has 2 heterocycles. The Labute approximate surface area is 174 Å². The quantitative estimate of drug-likeness (QED) is 0.433. The standard InChI is InChI=1S/C24H36O5/c1-16(17-8-10-18(25)11-9-17)21(26)13-12-20-19(22-14-15-23(20)29-22)6-4-2-3-5-7-24(27)28/h8-11,16,19-23,25-26H,2-7,12-15H2,1H3,(H,27,28)/t16?,19-,20+,21?,22-,23+/m1/s1. The summed E-state index contributed by atoms with van der Waals surface area (Å²) in [5, 5.41) is 28.9. The molecule has 29 heavy (non-hydrogen) atoms. The summed E-state index contributed by atoms with van der Waals surface area (Å²) in [4.78, 5) is 10.6. The summed E-state index contributed by atoms with van der Waals surface area (Å²) in [5.74, 6) is 0.716. The van der Waals surface area contributed by atoms with E-state index in [-0.39, 0.29) is 18.1 Å². The van der Waals surface area contributed by atoms with Gasteiger partial charge in [0.15, 0.2) is 0 Å². The molecule has 1 aromatic rings. The molecule has 0 radical (unpaired) electrons. The molecule has 0 saturated carbocycles. The van der Waals surface area contributed by atoms with Gasteiger partial charge >= 0.3 is 5.97 Å². The topological polar surface area (TPSA) is 87.0 Å². The van der Waals surface area contributed by atoms with Crippen LogP contribution in [0, 0.1) is 11.8 Å². The molecule has 0 amide bonds. The van der Waals surface area contributed by atoms with Crippen LogP contribution >= 0.6 is 0 Å². The van der Waals surface area contributed by atoms with Gasteiger partial charge in [-0.25, -0.2) is 0 Å². The van der Waals surface area contributed by atoms with Crippen LogP contribution in [0.15, 0.2) is 24.3 Å². The lowest BCUT2D eigenvalue weighted by atomic mass is 9.74. The normalized spacial score (nSPS) is 27.8. The average Bonchev–Trinajstić information content (AvgIpc) is 3.30. The third kappa shape index (κ3) is 5.95. The molecule has 2 fully saturated rings. The van der Waals surface area contributed by atoms with E-state index in [1.807, 2.05) is 19.1 Å². The third-order valence-electron chi connectivity index (χ3n) is 7.06. The van der Waals surface area contributed by atoms with Crippen molar-refractivity contribution in [2.75, 3.05) is 0 Å². The van der Waals surface area contributed by atoms with Crippen molar-refractivity contribution in [3.8, 4) is 5.75 Å². The number of hydrogen-bond acceptors (Lipinski definition) is 4. The maximum Gasteiger partial charge on any atom is 0.303 e. The molecule has 2 aliphatic heterocycles. The molecule has 5 nitrogen and oxygen atoms in total. The largest absolute Gasteiger partial charge is 0.508 e. The number of rotatable bonds is 12. The number of carbonyl (C=O) groups is 1. The number of aliphatic carboxylic acids is 1. The van der Waals surface area contributed by atoms with E-state index in [4.69, 9.17) is 9.84 Å². The van der Waals surface area contributed by atoms with Gasteiger partial charge in [0.05, 0.1) is 18.3 Å². The Bertz CT molecular complexity index is 643. The maximum atomic E-state index is 10.7. The number of unbranched alkanes of at least 4 members (excludes halogenated alkanes) is 3. The fourth-order valence-electron chi connectivity index (χ4n) is 5.29. The Morgan fingerprint density at radius 2 is 1.66 bits per heavy atom. The minimum absolute atomic E-state index is 0.0443. The van der Waals surface area contributed by atoms with E-state index >= 15 is 0 Å². The number of aromatic hydroxyl groups is 1. The Morgan fingerprint density at radius 3 is 2.31 bits per heavy atom. The number of phenols is 1. The van der Waals surface area contributed by atoms with Crippen LogP contribution in [0.25, 0.3) is 0 Å².